The summed E-state index contributed by atoms with van der Waals surface area (Å²) >= 11 is 0. The van der Waals surface area contributed by atoms with E-state index in [4.69, 9.17) is 14.2 Å². The first-order valence-corrected chi connectivity index (χ1v) is 11.5. The summed E-state index contributed by atoms with van der Waals surface area (Å²) < 4.78 is 16.5. The van der Waals surface area contributed by atoms with Crippen molar-refractivity contribution in [3.63, 3.8) is 0 Å². The molecule has 0 unspecified atom stereocenters. The molecule has 0 aliphatic carbocycles. The number of hydrogen-bond acceptors (Lipinski definition) is 5. The number of rotatable bonds is 12. The van der Waals surface area contributed by atoms with E-state index in [1.165, 1.54) is 0 Å². The first-order chi connectivity index (χ1) is 16.6. The van der Waals surface area contributed by atoms with Crippen molar-refractivity contribution < 1.29 is 23.8 Å². The molecule has 178 valence electrons. The fourth-order valence-electron chi connectivity index (χ4n) is 3.55. The molecule has 0 aromatic heterocycles. The average Bonchev–Trinajstić information content (AvgIpc) is 2.85. The third-order valence-electron chi connectivity index (χ3n) is 5.15. The van der Waals surface area contributed by atoms with Gasteiger partial charge in [0.15, 0.2) is 18.1 Å². The maximum Gasteiger partial charge on any atom is 0.338 e. The van der Waals surface area contributed by atoms with Gasteiger partial charge in [-0.05, 0) is 61.6 Å². The van der Waals surface area contributed by atoms with Crippen LogP contribution in [0.3, 0.4) is 0 Å². The molecule has 1 amide bonds. The normalized spacial score (nSPS) is 10.4. The second-order valence-electron chi connectivity index (χ2n) is 7.64. The van der Waals surface area contributed by atoms with Gasteiger partial charge in [-0.3, -0.25) is 4.79 Å². The minimum atomic E-state index is -0.505. The molecular formula is C28H31NO5. The summed E-state index contributed by atoms with van der Waals surface area (Å²) in [7, 11) is 0. The van der Waals surface area contributed by atoms with E-state index in [2.05, 4.69) is 5.32 Å². The third-order valence-corrected chi connectivity index (χ3v) is 5.15. The van der Waals surface area contributed by atoms with Crippen molar-refractivity contribution in [1.29, 1.82) is 0 Å². The van der Waals surface area contributed by atoms with Gasteiger partial charge in [-0.15, -0.1) is 0 Å². The number of benzene rings is 3. The zero-order valence-corrected chi connectivity index (χ0v) is 19.7. The molecule has 0 saturated heterocycles. The van der Waals surface area contributed by atoms with E-state index in [1.54, 1.807) is 12.1 Å². The maximum absolute atomic E-state index is 12.6. The minimum Gasteiger partial charge on any atom is -0.490 e. The number of amides is 1. The number of carbonyl (C=O) groups excluding carboxylic acids is 2. The molecule has 0 atom stereocenters. The van der Waals surface area contributed by atoms with Crippen molar-refractivity contribution in [1.82, 2.24) is 5.32 Å². The van der Waals surface area contributed by atoms with Crippen LogP contribution in [0.1, 0.15) is 40.9 Å². The fourth-order valence-corrected chi connectivity index (χ4v) is 3.55. The molecule has 0 aliphatic heterocycles. The smallest absolute Gasteiger partial charge is 0.338 e. The average molecular weight is 462 g/mol. The lowest BCUT2D eigenvalue weighted by molar-refractivity contribution is -0.124. The Kier molecular flexibility index (Phi) is 9.52. The third kappa shape index (κ3) is 7.37. The highest BCUT2D eigenvalue weighted by Gasteiger charge is 2.14. The van der Waals surface area contributed by atoms with Crippen molar-refractivity contribution in [3.8, 4) is 11.5 Å². The molecule has 0 aliphatic rings. The Morgan fingerprint density at radius 1 is 0.794 bits per heavy atom. The number of nitrogens with one attached hydrogen (secondary N) is 1. The molecule has 0 heterocycles. The van der Waals surface area contributed by atoms with Crippen molar-refractivity contribution in [3.05, 3.63) is 95.1 Å². The van der Waals surface area contributed by atoms with Gasteiger partial charge in [0, 0.05) is 6.54 Å². The van der Waals surface area contributed by atoms with Crippen LogP contribution in [0.2, 0.25) is 0 Å². The summed E-state index contributed by atoms with van der Waals surface area (Å²) in [5.41, 5.74) is 3.44. The first-order valence-electron chi connectivity index (χ1n) is 11.5. The lowest BCUT2D eigenvalue weighted by Gasteiger charge is -2.13. The number of esters is 1. The van der Waals surface area contributed by atoms with Crippen molar-refractivity contribution in [2.75, 3.05) is 26.4 Å². The first kappa shape index (κ1) is 24.8. The van der Waals surface area contributed by atoms with Gasteiger partial charge in [-0.2, -0.15) is 0 Å². The van der Waals surface area contributed by atoms with Crippen LogP contribution in [-0.4, -0.2) is 38.2 Å². The highest BCUT2D eigenvalue weighted by Crippen LogP contribution is 2.28. The van der Waals surface area contributed by atoms with Crippen LogP contribution in [-0.2, 0) is 22.4 Å². The summed E-state index contributed by atoms with van der Waals surface area (Å²) in [5.74, 6) is 0.548. The van der Waals surface area contributed by atoms with E-state index >= 15 is 0 Å². The predicted octanol–water partition coefficient (Wildman–Crippen LogP) is 4.59. The topological polar surface area (TPSA) is 73.9 Å². The predicted molar refractivity (Wildman–Crippen MR) is 131 cm³/mol. The molecule has 3 rings (SSSR count). The van der Waals surface area contributed by atoms with Crippen molar-refractivity contribution in [2.24, 2.45) is 0 Å². The SMILES string of the molecule is CCOc1ccc(CCNC(=O)COC(=O)c2ccccc2Cc2ccccc2)cc1OCC. The van der Waals surface area contributed by atoms with Crippen molar-refractivity contribution in [2.45, 2.75) is 26.7 Å². The zero-order valence-electron chi connectivity index (χ0n) is 19.7. The van der Waals surface area contributed by atoms with Gasteiger partial charge in [0.2, 0.25) is 0 Å². The lowest BCUT2D eigenvalue weighted by Crippen LogP contribution is -2.30. The second kappa shape index (κ2) is 13.0. The molecule has 34 heavy (non-hydrogen) atoms. The second-order valence-corrected chi connectivity index (χ2v) is 7.64. The van der Waals surface area contributed by atoms with E-state index in [9.17, 15) is 9.59 Å². The number of carbonyl (C=O) groups is 2. The summed E-state index contributed by atoms with van der Waals surface area (Å²) in [6, 6.07) is 22.9. The molecule has 0 bridgehead atoms. The summed E-state index contributed by atoms with van der Waals surface area (Å²) in [6.07, 6.45) is 1.23. The summed E-state index contributed by atoms with van der Waals surface area (Å²) in [6.45, 7) is 5.04. The molecule has 6 heteroatoms. The molecule has 0 spiro atoms. The van der Waals surface area contributed by atoms with E-state index < -0.39 is 5.97 Å². The van der Waals surface area contributed by atoms with Crippen LogP contribution >= 0.6 is 0 Å². The Morgan fingerprint density at radius 2 is 1.50 bits per heavy atom. The minimum absolute atomic E-state index is 0.327. The standard InChI is InChI=1S/C28H31NO5/c1-3-32-25-15-14-22(19-26(25)33-4-2)16-17-29-27(30)20-34-28(31)24-13-9-8-12-23(24)18-21-10-6-5-7-11-21/h5-15,19H,3-4,16-18,20H2,1-2H3,(H,29,30). The molecule has 0 saturated carbocycles. The molecule has 3 aromatic rings. The molecule has 3 aromatic carbocycles. The maximum atomic E-state index is 12.6. The highest BCUT2D eigenvalue weighted by atomic mass is 16.5. The Hall–Kier alpha value is -3.80. The van der Waals surface area contributed by atoms with Gasteiger partial charge in [-0.1, -0.05) is 54.6 Å². The zero-order chi connectivity index (χ0) is 24.2. The Labute approximate surface area is 200 Å². The lowest BCUT2D eigenvalue weighted by atomic mass is 10.00. The van der Waals surface area contributed by atoms with E-state index in [-0.39, 0.29) is 12.5 Å². The van der Waals surface area contributed by atoms with Gasteiger partial charge in [0.05, 0.1) is 18.8 Å². The molecule has 6 nitrogen and oxygen atoms in total. The van der Waals surface area contributed by atoms with Crippen LogP contribution in [0, 0.1) is 0 Å². The van der Waals surface area contributed by atoms with E-state index in [0.717, 1.165) is 16.7 Å². The highest BCUT2D eigenvalue weighted by molar-refractivity contribution is 5.92. The molecule has 0 fully saturated rings. The van der Waals surface area contributed by atoms with Gasteiger partial charge in [0.25, 0.3) is 5.91 Å². The summed E-state index contributed by atoms with van der Waals surface area (Å²) in [4.78, 5) is 24.8. The van der Waals surface area contributed by atoms with Gasteiger partial charge >= 0.3 is 5.97 Å². The van der Waals surface area contributed by atoms with E-state index in [0.29, 0.717) is 49.7 Å². The molecular weight excluding hydrogens is 430 g/mol. The number of ether oxygens (including phenoxy) is 3. The van der Waals surface area contributed by atoms with Crippen LogP contribution in [0.4, 0.5) is 0 Å². The molecule has 1 N–H and O–H groups in total. The van der Waals surface area contributed by atoms with Crippen LogP contribution in [0.5, 0.6) is 11.5 Å². The van der Waals surface area contributed by atoms with Crippen LogP contribution in [0.25, 0.3) is 0 Å². The van der Waals surface area contributed by atoms with Crippen LogP contribution in [0.15, 0.2) is 72.8 Å². The van der Waals surface area contributed by atoms with Gasteiger partial charge in [-0.25, -0.2) is 4.79 Å². The Balaban J connectivity index is 1.48. The van der Waals surface area contributed by atoms with Gasteiger partial charge in [0.1, 0.15) is 0 Å². The Bertz CT molecular complexity index is 1080. The Morgan fingerprint density at radius 3 is 2.26 bits per heavy atom. The van der Waals surface area contributed by atoms with Crippen molar-refractivity contribution >= 4 is 11.9 Å². The number of hydrogen-bond donors (Lipinski definition) is 1. The largest absolute Gasteiger partial charge is 0.490 e. The fraction of sp³-hybridized carbons (Fsp3) is 0.286. The monoisotopic (exact) mass is 461 g/mol. The van der Waals surface area contributed by atoms with Gasteiger partial charge < -0.3 is 19.5 Å². The molecule has 0 radical (unpaired) electrons. The quantitative estimate of drug-likeness (QED) is 0.400. The summed E-state index contributed by atoms with van der Waals surface area (Å²) in [5, 5.41) is 2.80. The van der Waals surface area contributed by atoms with E-state index in [1.807, 2.05) is 74.5 Å². The van der Waals surface area contributed by atoms with Crippen LogP contribution < -0.4 is 14.8 Å².